The van der Waals surface area contributed by atoms with E-state index in [1.165, 1.54) is 6.42 Å². The standard InChI is InChI=1S/C14H20N2O3/c1-11-6-7-13(18-2)12(10-11)15-14(17)19-16-8-4-3-5-9-16/h6-7,10H,3-5,8-9H2,1-2H3,(H,15,17). The molecule has 0 aromatic heterocycles. The number of carbonyl (C=O) groups is 1. The van der Waals surface area contributed by atoms with Crippen LogP contribution in [-0.4, -0.2) is 31.4 Å². The lowest BCUT2D eigenvalue weighted by Gasteiger charge is -2.24. The summed E-state index contributed by atoms with van der Waals surface area (Å²) in [5.74, 6) is 0.626. The van der Waals surface area contributed by atoms with Crippen molar-refractivity contribution in [3.63, 3.8) is 0 Å². The molecule has 1 aromatic rings. The first-order chi connectivity index (χ1) is 9.19. The highest BCUT2D eigenvalue weighted by atomic mass is 16.7. The molecule has 19 heavy (non-hydrogen) atoms. The van der Waals surface area contributed by atoms with Gasteiger partial charge in [-0.3, -0.25) is 5.32 Å². The van der Waals surface area contributed by atoms with Crippen LogP contribution in [0.15, 0.2) is 18.2 Å². The van der Waals surface area contributed by atoms with E-state index in [2.05, 4.69) is 5.32 Å². The number of aryl methyl sites for hydroxylation is 1. The van der Waals surface area contributed by atoms with Gasteiger partial charge in [0, 0.05) is 13.1 Å². The minimum Gasteiger partial charge on any atom is -0.495 e. The molecule has 1 aromatic carbocycles. The number of hydroxylamine groups is 2. The van der Waals surface area contributed by atoms with Gasteiger partial charge in [-0.05, 0) is 37.5 Å². The highest BCUT2D eigenvalue weighted by Gasteiger charge is 2.16. The first kappa shape index (κ1) is 13.7. The van der Waals surface area contributed by atoms with Gasteiger partial charge >= 0.3 is 6.09 Å². The normalized spacial score (nSPS) is 15.9. The van der Waals surface area contributed by atoms with Gasteiger partial charge in [0.05, 0.1) is 12.8 Å². The summed E-state index contributed by atoms with van der Waals surface area (Å²) in [6, 6.07) is 5.61. The summed E-state index contributed by atoms with van der Waals surface area (Å²) >= 11 is 0. The van der Waals surface area contributed by atoms with Crippen LogP contribution >= 0.6 is 0 Å². The first-order valence-corrected chi connectivity index (χ1v) is 6.57. The van der Waals surface area contributed by atoms with Gasteiger partial charge < -0.3 is 9.57 Å². The molecule has 0 bridgehead atoms. The Labute approximate surface area is 113 Å². The summed E-state index contributed by atoms with van der Waals surface area (Å²) < 4.78 is 5.21. The van der Waals surface area contributed by atoms with Crippen LogP contribution < -0.4 is 10.1 Å². The summed E-state index contributed by atoms with van der Waals surface area (Å²) in [6.07, 6.45) is 2.88. The molecule has 0 radical (unpaired) electrons. The van der Waals surface area contributed by atoms with E-state index in [-0.39, 0.29) is 0 Å². The zero-order valence-corrected chi connectivity index (χ0v) is 11.4. The van der Waals surface area contributed by atoms with Gasteiger partial charge in [-0.25, -0.2) is 4.79 Å². The van der Waals surface area contributed by atoms with Crippen molar-refractivity contribution in [1.82, 2.24) is 5.06 Å². The quantitative estimate of drug-likeness (QED) is 0.912. The topological polar surface area (TPSA) is 50.8 Å². The van der Waals surface area contributed by atoms with Crippen molar-refractivity contribution in [2.75, 3.05) is 25.5 Å². The van der Waals surface area contributed by atoms with E-state index < -0.39 is 6.09 Å². The van der Waals surface area contributed by atoms with Crippen LogP contribution in [0.25, 0.3) is 0 Å². The van der Waals surface area contributed by atoms with Crippen molar-refractivity contribution in [3.05, 3.63) is 23.8 Å². The smallest absolute Gasteiger partial charge is 0.430 e. The van der Waals surface area contributed by atoms with E-state index in [0.717, 1.165) is 31.5 Å². The largest absolute Gasteiger partial charge is 0.495 e. The fourth-order valence-corrected chi connectivity index (χ4v) is 2.13. The molecule has 1 fully saturated rings. The number of hydrogen-bond donors (Lipinski definition) is 1. The van der Waals surface area contributed by atoms with Crippen molar-refractivity contribution in [2.45, 2.75) is 26.2 Å². The van der Waals surface area contributed by atoms with Gasteiger partial charge in [0.25, 0.3) is 0 Å². The van der Waals surface area contributed by atoms with E-state index in [0.29, 0.717) is 11.4 Å². The molecule has 0 aliphatic carbocycles. The van der Waals surface area contributed by atoms with Crippen molar-refractivity contribution in [3.8, 4) is 5.75 Å². The highest BCUT2D eigenvalue weighted by Crippen LogP contribution is 2.25. The summed E-state index contributed by atoms with van der Waals surface area (Å²) in [5, 5.41) is 4.43. The van der Waals surface area contributed by atoms with Gasteiger partial charge in [0.15, 0.2) is 0 Å². The molecule has 0 unspecified atom stereocenters. The zero-order chi connectivity index (χ0) is 13.7. The number of hydrogen-bond acceptors (Lipinski definition) is 4. The lowest BCUT2D eigenvalue weighted by atomic mass is 10.2. The number of benzene rings is 1. The highest BCUT2D eigenvalue weighted by molar-refractivity contribution is 5.86. The van der Waals surface area contributed by atoms with E-state index >= 15 is 0 Å². The monoisotopic (exact) mass is 264 g/mol. The van der Waals surface area contributed by atoms with Crippen LogP contribution in [0.2, 0.25) is 0 Å². The Morgan fingerprint density at radius 2 is 2.00 bits per heavy atom. The van der Waals surface area contributed by atoms with Crippen molar-refractivity contribution >= 4 is 11.8 Å². The average molecular weight is 264 g/mol. The molecule has 1 heterocycles. The number of ether oxygens (including phenoxy) is 1. The molecule has 5 heteroatoms. The second kappa shape index (κ2) is 6.43. The molecule has 5 nitrogen and oxygen atoms in total. The number of methoxy groups -OCH3 is 1. The number of nitrogens with zero attached hydrogens (tertiary/aromatic N) is 1. The Morgan fingerprint density at radius 1 is 1.26 bits per heavy atom. The SMILES string of the molecule is COc1ccc(C)cc1NC(=O)ON1CCCCC1. The third-order valence-electron chi connectivity index (χ3n) is 3.12. The van der Waals surface area contributed by atoms with E-state index in [9.17, 15) is 4.79 Å². The molecule has 0 atom stereocenters. The van der Waals surface area contributed by atoms with Crippen molar-refractivity contribution in [2.24, 2.45) is 0 Å². The third kappa shape index (κ3) is 3.86. The number of rotatable bonds is 3. The predicted molar refractivity (Wildman–Crippen MR) is 73.3 cm³/mol. The van der Waals surface area contributed by atoms with E-state index in [1.54, 1.807) is 12.2 Å². The molecule has 1 aliphatic heterocycles. The molecule has 2 rings (SSSR count). The molecule has 1 amide bonds. The fraction of sp³-hybridized carbons (Fsp3) is 0.500. The Kier molecular flexibility index (Phi) is 4.63. The second-order valence-electron chi connectivity index (χ2n) is 4.70. The molecular formula is C14H20N2O3. The molecular weight excluding hydrogens is 244 g/mol. The minimum absolute atomic E-state index is 0.467. The van der Waals surface area contributed by atoms with Gasteiger partial charge in [-0.1, -0.05) is 12.5 Å². The molecule has 104 valence electrons. The average Bonchev–Trinajstić information content (AvgIpc) is 2.40. The summed E-state index contributed by atoms with van der Waals surface area (Å²) in [5.41, 5.74) is 1.68. The Morgan fingerprint density at radius 3 is 2.68 bits per heavy atom. The van der Waals surface area contributed by atoms with Gasteiger partial charge in [-0.15, -0.1) is 5.06 Å². The van der Waals surface area contributed by atoms with Crippen molar-refractivity contribution < 1.29 is 14.4 Å². The number of anilines is 1. The van der Waals surface area contributed by atoms with E-state index in [4.69, 9.17) is 9.57 Å². The third-order valence-corrected chi connectivity index (χ3v) is 3.12. The van der Waals surface area contributed by atoms with Crippen LogP contribution in [-0.2, 0) is 4.84 Å². The molecule has 0 spiro atoms. The first-order valence-electron chi connectivity index (χ1n) is 6.57. The molecule has 1 saturated heterocycles. The zero-order valence-electron chi connectivity index (χ0n) is 11.4. The molecule has 1 N–H and O–H groups in total. The van der Waals surface area contributed by atoms with Crippen LogP contribution in [0.1, 0.15) is 24.8 Å². The predicted octanol–water partition coefficient (Wildman–Crippen LogP) is 2.95. The second-order valence-corrected chi connectivity index (χ2v) is 4.70. The maximum atomic E-state index is 11.8. The minimum atomic E-state index is -0.467. The van der Waals surface area contributed by atoms with Crippen LogP contribution in [0.4, 0.5) is 10.5 Å². The van der Waals surface area contributed by atoms with Crippen molar-refractivity contribution in [1.29, 1.82) is 0 Å². The number of carbonyl (C=O) groups excluding carboxylic acids is 1. The van der Waals surface area contributed by atoms with Crippen LogP contribution in [0.5, 0.6) is 5.75 Å². The summed E-state index contributed by atoms with van der Waals surface area (Å²) in [4.78, 5) is 17.1. The lowest BCUT2D eigenvalue weighted by Crippen LogP contribution is -2.34. The number of piperidine rings is 1. The van der Waals surface area contributed by atoms with Crippen LogP contribution in [0, 0.1) is 6.92 Å². The fourth-order valence-electron chi connectivity index (χ4n) is 2.13. The Balaban J connectivity index is 1.95. The van der Waals surface area contributed by atoms with Gasteiger partial charge in [0.1, 0.15) is 5.75 Å². The van der Waals surface area contributed by atoms with Gasteiger partial charge in [-0.2, -0.15) is 0 Å². The van der Waals surface area contributed by atoms with Gasteiger partial charge in [0.2, 0.25) is 0 Å². The van der Waals surface area contributed by atoms with Crippen LogP contribution in [0.3, 0.4) is 0 Å². The molecule has 0 saturated carbocycles. The molecule has 1 aliphatic rings. The lowest BCUT2D eigenvalue weighted by molar-refractivity contribution is -0.105. The maximum Gasteiger partial charge on any atom is 0.430 e. The maximum absolute atomic E-state index is 11.8. The summed E-state index contributed by atoms with van der Waals surface area (Å²) in [7, 11) is 1.58. The number of amides is 1. The van der Waals surface area contributed by atoms with E-state index in [1.807, 2.05) is 25.1 Å². The Bertz CT molecular complexity index is 442. The summed E-state index contributed by atoms with van der Waals surface area (Å²) in [6.45, 7) is 3.57. The Hall–Kier alpha value is -1.75. The number of nitrogens with one attached hydrogen (secondary N) is 1.